The zero-order valence-electron chi connectivity index (χ0n) is 10.7. The maximum Gasteiger partial charge on any atom is 0.106 e. The minimum Gasteiger partial charge on any atom is -0.469 e. The number of nitrogens with zero attached hydrogens (tertiary/aromatic N) is 1. The fourth-order valence-electron chi connectivity index (χ4n) is 2.27. The van der Waals surface area contributed by atoms with Gasteiger partial charge in [0.1, 0.15) is 5.76 Å². The molecule has 96 valence electrons. The third kappa shape index (κ3) is 2.37. The molecule has 0 bridgehead atoms. The molecule has 0 aliphatic carbocycles. The van der Waals surface area contributed by atoms with Crippen LogP contribution in [0, 0.1) is 6.92 Å². The number of aliphatic hydroxyl groups excluding tert-OH is 1. The van der Waals surface area contributed by atoms with Crippen molar-refractivity contribution in [1.29, 1.82) is 0 Å². The summed E-state index contributed by atoms with van der Waals surface area (Å²) in [5.74, 6) is 0.758. The molecule has 0 fully saturated rings. The van der Waals surface area contributed by atoms with Crippen molar-refractivity contribution in [3.63, 3.8) is 0 Å². The van der Waals surface area contributed by atoms with Crippen LogP contribution in [0.3, 0.4) is 0 Å². The van der Waals surface area contributed by atoms with Gasteiger partial charge in [-0.1, -0.05) is 24.3 Å². The topological polar surface area (TPSA) is 46.3 Å². The molecule has 0 aliphatic heterocycles. The van der Waals surface area contributed by atoms with Crippen LogP contribution in [0.4, 0.5) is 0 Å². The van der Waals surface area contributed by atoms with Gasteiger partial charge in [-0.25, -0.2) is 0 Å². The van der Waals surface area contributed by atoms with E-state index >= 15 is 0 Å². The van der Waals surface area contributed by atoms with Crippen LogP contribution in [0.5, 0.6) is 0 Å². The Bertz CT molecular complexity index is 703. The van der Waals surface area contributed by atoms with Crippen LogP contribution >= 0.6 is 0 Å². The van der Waals surface area contributed by atoms with Crippen molar-refractivity contribution >= 4 is 10.9 Å². The molecule has 3 heteroatoms. The summed E-state index contributed by atoms with van der Waals surface area (Å²) in [6.07, 6.45) is 1.51. The molecular weight excluding hydrogens is 238 g/mol. The summed E-state index contributed by atoms with van der Waals surface area (Å²) in [7, 11) is 0. The van der Waals surface area contributed by atoms with Crippen molar-refractivity contribution in [1.82, 2.24) is 4.98 Å². The average molecular weight is 253 g/mol. The molecule has 2 aromatic heterocycles. The van der Waals surface area contributed by atoms with E-state index in [0.717, 1.165) is 27.9 Å². The number of fused-ring (bicyclic) bond motifs is 1. The van der Waals surface area contributed by atoms with E-state index in [1.54, 1.807) is 12.3 Å². The summed E-state index contributed by atoms with van der Waals surface area (Å²) >= 11 is 0. The van der Waals surface area contributed by atoms with E-state index in [1.807, 2.05) is 43.3 Å². The van der Waals surface area contributed by atoms with Crippen LogP contribution in [0.15, 0.2) is 53.1 Å². The van der Waals surface area contributed by atoms with Gasteiger partial charge < -0.3 is 9.52 Å². The SMILES string of the molecule is Cc1occc1C(O)Cc1ccc2ccccc2n1. The smallest absolute Gasteiger partial charge is 0.106 e. The highest BCUT2D eigenvalue weighted by atomic mass is 16.3. The second-order valence-corrected chi connectivity index (χ2v) is 4.65. The molecule has 1 aromatic carbocycles. The van der Waals surface area contributed by atoms with Gasteiger partial charge in [0.05, 0.1) is 17.9 Å². The minimum atomic E-state index is -0.576. The maximum atomic E-state index is 10.2. The first kappa shape index (κ1) is 11.9. The molecule has 0 amide bonds. The first-order valence-corrected chi connectivity index (χ1v) is 6.31. The quantitative estimate of drug-likeness (QED) is 0.778. The third-order valence-corrected chi connectivity index (χ3v) is 3.32. The summed E-state index contributed by atoms with van der Waals surface area (Å²) in [6.45, 7) is 1.85. The highest BCUT2D eigenvalue weighted by Crippen LogP contribution is 2.22. The Morgan fingerprint density at radius 3 is 2.79 bits per heavy atom. The number of benzene rings is 1. The normalized spacial score (nSPS) is 12.7. The minimum absolute atomic E-state index is 0.491. The van der Waals surface area contributed by atoms with Crippen LogP contribution in [0.25, 0.3) is 10.9 Å². The molecule has 1 atom stereocenters. The number of aryl methyl sites for hydroxylation is 1. The maximum absolute atomic E-state index is 10.2. The molecule has 0 radical (unpaired) electrons. The number of para-hydroxylation sites is 1. The van der Waals surface area contributed by atoms with Crippen LogP contribution in [-0.2, 0) is 6.42 Å². The van der Waals surface area contributed by atoms with Gasteiger partial charge in [0.15, 0.2) is 0 Å². The van der Waals surface area contributed by atoms with Gasteiger partial charge in [-0.05, 0) is 25.1 Å². The molecule has 1 unspecified atom stereocenters. The zero-order valence-corrected chi connectivity index (χ0v) is 10.7. The molecular formula is C16H15NO2. The van der Waals surface area contributed by atoms with Gasteiger partial charge in [-0.15, -0.1) is 0 Å². The highest BCUT2D eigenvalue weighted by Gasteiger charge is 2.14. The van der Waals surface area contributed by atoms with Crippen LogP contribution < -0.4 is 0 Å². The van der Waals surface area contributed by atoms with E-state index in [2.05, 4.69) is 4.98 Å². The number of pyridine rings is 1. The Kier molecular flexibility index (Phi) is 3.05. The second kappa shape index (κ2) is 4.86. The molecule has 2 heterocycles. The van der Waals surface area contributed by atoms with E-state index in [4.69, 9.17) is 4.42 Å². The largest absolute Gasteiger partial charge is 0.469 e. The summed E-state index contributed by atoms with van der Waals surface area (Å²) in [5.41, 5.74) is 2.66. The van der Waals surface area contributed by atoms with Gasteiger partial charge in [-0.2, -0.15) is 0 Å². The lowest BCUT2D eigenvalue weighted by Crippen LogP contribution is -2.03. The van der Waals surface area contributed by atoms with Crippen LogP contribution in [-0.4, -0.2) is 10.1 Å². The third-order valence-electron chi connectivity index (χ3n) is 3.32. The summed E-state index contributed by atoms with van der Waals surface area (Å²) < 4.78 is 5.21. The van der Waals surface area contributed by atoms with E-state index in [1.165, 1.54) is 0 Å². The Morgan fingerprint density at radius 1 is 1.16 bits per heavy atom. The summed E-state index contributed by atoms with van der Waals surface area (Å²) in [5, 5.41) is 11.3. The Morgan fingerprint density at radius 2 is 2.00 bits per heavy atom. The van der Waals surface area contributed by atoms with Gasteiger partial charge >= 0.3 is 0 Å². The predicted molar refractivity (Wildman–Crippen MR) is 73.9 cm³/mol. The lowest BCUT2D eigenvalue weighted by molar-refractivity contribution is 0.175. The average Bonchev–Trinajstić information content (AvgIpc) is 2.85. The van der Waals surface area contributed by atoms with E-state index < -0.39 is 6.10 Å². The molecule has 0 spiro atoms. The molecule has 0 saturated carbocycles. The van der Waals surface area contributed by atoms with E-state index in [9.17, 15) is 5.11 Å². The first-order chi connectivity index (χ1) is 9.24. The van der Waals surface area contributed by atoms with Gasteiger partial charge in [0.2, 0.25) is 0 Å². The standard InChI is InChI=1S/C16H15NO2/c1-11-14(8-9-19-11)16(18)10-13-7-6-12-4-2-3-5-15(12)17-13/h2-9,16,18H,10H2,1H3. The predicted octanol–water partition coefficient (Wildman–Crippen LogP) is 3.41. The second-order valence-electron chi connectivity index (χ2n) is 4.65. The van der Waals surface area contributed by atoms with Gasteiger partial charge in [0, 0.05) is 23.1 Å². The Hall–Kier alpha value is -2.13. The molecule has 0 aliphatic rings. The van der Waals surface area contributed by atoms with Gasteiger partial charge in [-0.3, -0.25) is 4.98 Å². The number of rotatable bonds is 3. The zero-order chi connectivity index (χ0) is 13.2. The van der Waals surface area contributed by atoms with E-state index in [0.29, 0.717) is 6.42 Å². The van der Waals surface area contributed by atoms with Crippen LogP contribution in [0.1, 0.15) is 23.1 Å². The molecule has 3 nitrogen and oxygen atoms in total. The lowest BCUT2D eigenvalue weighted by Gasteiger charge is -2.09. The molecule has 3 rings (SSSR count). The summed E-state index contributed by atoms with van der Waals surface area (Å²) in [4.78, 5) is 4.56. The number of aliphatic hydroxyl groups is 1. The number of furan rings is 1. The molecule has 1 N–H and O–H groups in total. The van der Waals surface area contributed by atoms with Gasteiger partial charge in [0.25, 0.3) is 0 Å². The van der Waals surface area contributed by atoms with Crippen molar-refractivity contribution in [2.45, 2.75) is 19.4 Å². The van der Waals surface area contributed by atoms with Crippen molar-refractivity contribution < 1.29 is 9.52 Å². The molecule has 3 aromatic rings. The van der Waals surface area contributed by atoms with Crippen molar-refractivity contribution in [3.05, 3.63) is 65.7 Å². The van der Waals surface area contributed by atoms with Crippen molar-refractivity contribution in [3.8, 4) is 0 Å². The number of aromatic nitrogens is 1. The van der Waals surface area contributed by atoms with E-state index in [-0.39, 0.29) is 0 Å². The monoisotopic (exact) mass is 253 g/mol. The Balaban J connectivity index is 1.87. The summed E-state index contributed by atoms with van der Waals surface area (Å²) in [6, 6.07) is 13.8. The van der Waals surface area contributed by atoms with Crippen LogP contribution in [0.2, 0.25) is 0 Å². The highest BCUT2D eigenvalue weighted by molar-refractivity contribution is 5.78. The molecule has 0 saturated heterocycles. The fraction of sp³-hybridized carbons (Fsp3) is 0.188. The van der Waals surface area contributed by atoms with Crippen molar-refractivity contribution in [2.75, 3.05) is 0 Å². The molecule has 19 heavy (non-hydrogen) atoms. The fourth-order valence-corrected chi connectivity index (χ4v) is 2.27. The number of hydrogen-bond donors (Lipinski definition) is 1. The lowest BCUT2D eigenvalue weighted by atomic mass is 10.0. The number of hydrogen-bond acceptors (Lipinski definition) is 3. The van der Waals surface area contributed by atoms with Crippen molar-refractivity contribution in [2.24, 2.45) is 0 Å². The Labute approximate surface area is 111 Å². The first-order valence-electron chi connectivity index (χ1n) is 6.31.